The summed E-state index contributed by atoms with van der Waals surface area (Å²) in [6, 6.07) is 15.2. The van der Waals surface area contributed by atoms with Gasteiger partial charge in [0.1, 0.15) is 11.9 Å². The van der Waals surface area contributed by atoms with Gasteiger partial charge in [-0.3, -0.25) is 9.29 Å². The maximum absolute atomic E-state index is 12.4. The Hall–Kier alpha value is -0.920. The van der Waals surface area contributed by atoms with Gasteiger partial charge in [-0.15, -0.1) is 0 Å². The van der Waals surface area contributed by atoms with Crippen LogP contribution in [0.3, 0.4) is 0 Å². The summed E-state index contributed by atoms with van der Waals surface area (Å²) in [5.41, 5.74) is 5.26. The number of allylic oxidation sites excluding steroid dienone is 1. The Morgan fingerprint density at radius 3 is 2.75 bits per heavy atom. The van der Waals surface area contributed by atoms with Gasteiger partial charge in [0.05, 0.1) is 6.67 Å². The zero-order valence-electron chi connectivity index (χ0n) is 15.8. The molecule has 148 valence electrons. The molecule has 1 fully saturated rings. The summed E-state index contributed by atoms with van der Waals surface area (Å²) in [4.78, 5) is 2.29. The van der Waals surface area contributed by atoms with Gasteiger partial charge in [-0.2, -0.15) is 0 Å². The summed E-state index contributed by atoms with van der Waals surface area (Å²) in [6.45, 7) is 2.48. The van der Waals surface area contributed by atoms with Crippen molar-refractivity contribution >= 4 is 44.1 Å². The summed E-state index contributed by atoms with van der Waals surface area (Å²) in [5.74, 6) is 0.913. The van der Waals surface area contributed by atoms with Crippen molar-refractivity contribution in [1.29, 1.82) is 0 Å². The summed E-state index contributed by atoms with van der Waals surface area (Å²) in [6.07, 6.45) is 3.95. The molecule has 1 aliphatic heterocycles. The normalized spacial score (nSPS) is 19.8. The summed E-state index contributed by atoms with van der Waals surface area (Å²) >= 11 is 6.19. The minimum Gasteiger partial charge on any atom is -0.489 e. The number of rotatable bonds is 6. The van der Waals surface area contributed by atoms with Crippen molar-refractivity contribution in [2.45, 2.75) is 31.8 Å². The molecule has 0 radical (unpaired) electrons. The van der Waals surface area contributed by atoms with Crippen LogP contribution in [-0.2, 0) is 6.42 Å². The number of likely N-dealkylation sites (tertiary alicyclic amines) is 1. The molecule has 4 rings (SSSR count). The highest BCUT2D eigenvalue weighted by molar-refractivity contribution is 14.1. The third-order valence-electron chi connectivity index (χ3n) is 5.50. The molecule has 0 N–H and O–H groups in total. The van der Waals surface area contributed by atoms with Gasteiger partial charge in [0.15, 0.2) is 0 Å². The maximum atomic E-state index is 12.4. The predicted molar refractivity (Wildman–Crippen MR) is 125 cm³/mol. The minimum atomic E-state index is -0.239. The van der Waals surface area contributed by atoms with Crippen LogP contribution in [-0.4, -0.2) is 37.3 Å². The van der Waals surface area contributed by atoms with Crippen LogP contribution in [0.25, 0.3) is 5.57 Å². The molecule has 0 saturated carbocycles. The van der Waals surface area contributed by atoms with Crippen LogP contribution in [0.2, 0.25) is 0 Å². The van der Waals surface area contributed by atoms with Crippen molar-refractivity contribution in [2.75, 3.05) is 26.3 Å². The zero-order valence-corrected chi connectivity index (χ0v) is 19.5. The van der Waals surface area contributed by atoms with Gasteiger partial charge in [0, 0.05) is 27.7 Å². The van der Waals surface area contributed by atoms with E-state index in [-0.39, 0.29) is 12.8 Å². The van der Waals surface area contributed by atoms with Crippen molar-refractivity contribution < 1.29 is 9.13 Å². The zero-order chi connectivity index (χ0) is 19.5. The van der Waals surface area contributed by atoms with Gasteiger partial charge < -0.3 is 4.74 Å². The highest BCUT2D eigenvalue weighted by Crippen LogP contribution is 2.39. The molecule has 0 aromatic heterocycles. The Labute approximate surface area is 188 Å². The fourth-order valence-corrected chi connectivity index (χ4v) is 5.31. The van der Waals surface area contributed by atoms with Crippen molar-refractivity contribution in [2.24, 2.45) is 0 Å². The SMILES string of the molecule is FCCCN1CC[C@H](Oc2ccc(C3=C(Br)CCc4cc(I)ccc43)cc2)C1. The maximum Gasteiger partial charge on any atom is 0.119 e. The molecule has 1 atom stereocenters. The van der Waals surface area contributed by atoms with Gasteiger partial charge in [-0.05, 0) is 94.8 Å². The van der Waals surface area contributed by atoms with Crippen molar-refractivity contribution in [1.82, 2.24) is 4.90 Å². The first-order valence-electron chi connectivity index (χ1n) is 9.87. The topological polar surface area (TPSA) is 12.5 Å². The molecule has 1 saturated heterocycles. The Bertz CT molecular complexity index is 867. The standard InChI is InChI=1S/C23H24BrFINO/c24-22-9-4-17-14-18(26)5-8-21(17)23(22)16-2-6-19(7-3-16)28-20-10-13-27(15-20)12-1-11-25/h2-3,5-8,14,20H,1,4,9-13,15H2/t20-/m0/s1. The van der Waals surface area contributed by atoms with E-state index in [1.54, 1.807) is 0 Å². The monoisotopic (exact) mass is 555 g/mol. The molecule has 1 aliphatic carbocycles. The number of hydrogen-bond donors (Lipinski definition) is 0. The van der Waals surface area contributed by atoms with Crippen LogP contribution in [0.4, 0.5) is 4.39 Å². The number of alkyl halides is 1. The van der Waals surface area contributed by atoms with E-state index >= 15 is 0 Å². The van der Waals surface area contributed by atoms with Crippen LogP contribution < -0.4 is 4.74 Å². The van der Waals surface area contributed by atoms with Gasteiger partial charge in [-0.1, -0.05) is 34.1 Å². The van der Waals surface area contributed by atoms with Crippen LogP contribution in [0.5, 0.6) is 5.75 Å². The highest BCUT2D eigenvalue weighted by atomic mass is 127. The Kier molecular flexibility index (Phi) is 6.74. The molecule has 0 unspecified atom stereocenters. The van der Waals surface area contributed by atoms with E-state index in [0.29, 0.717) is 6.42 Å². The quantitative estimate of drug-likeness (QED) is 0.393. The summed E-state index contributed by atoms with van der Waals surface area (Å²) in [5, 5.41) is 0. The smallest absolute Gasteiger partial charge is 0.119 e. The third kappa shape index (κ3) is 4.62. The summed E-state index contributed by atoms with van der Waals surface area (Å²) in [7, 11) is 0. The molecule has 0 amide bonds. The Morgan fingerprint density at radius 2 is 1.96 bits per heavy atom. The van der Waals surface area contributed by atoms with Crippen LogP contribution in [0.15, 0.2) is 46.9 Å². The highest BCUT2D eigenvalue weighted by Gasteiger charge is 2.24. The fraction of sp³-hybridized carbons (Fsp3) is 0.391. The number of ether oxygens (including phenoxy) is 1. The molecule has 0 spiro atoms. The van der Waals surface area contributed by atoms with Crippen molar-refractivity contribution in [3.8, 4) is 5.75 Å². The lowest BCUT2D eigenvalue weighted by Crippen LogP contribution is -2.26. The van der Waals surface area contributed by atoms with E-state index < -0.39 is 0 Å². The molecule has 0 bridgehead atoms. The lowest BCUT2D eigenvalue weighted by atomic mass is 9.87. The van der Waals surface area contributed by atoms with Crippen LogP contribution >= 0.6 is 38.5 Å². The van der Waals surface area contributed by atoms with Gasteiger partial charge in [0.25, 0.3) is 0 Å². The molecule has 2 aromatic rings. The van der Waals surface area contributed by atoms with Crippen LogP contribution in [0, 0.1) is 3.57 Å². The first-order chi connectivity index (χ1) is 13.6. The summed E-state index contributed by atoms with van der Waals surface area (Å²) < 4.78 is 21.1. The number of fused-ring (bicyclic) bond motifs is 1. The second-order valence-electron chi connectivity index (χ2n) is 7.48. The largest absolute Gasteiger partial charge is 0.489 e. The van der Waals surface area contributed by atoms with E-state index in [9.17, 15) is 4.39 Å². The number of halogens is 3. The van der Waals surface area contributed by atoms with Crippen molar-refractivity contribution in [3.05, 3.63) is 67.2 Å². The first-order valence-corrected chi connectivity index (χ1v) is 11.7. The van der Waals surface area contributed by atoms with E-state index in [1.165, 1.54) is 30.3 Å². The molecule has 1 heterocycles. The number of aryl methyl sites for hydroxylation is 1. The lowest BCUT2D eigenvalue weighted by molar-refractivity contribution is 0.198. The van der Waals surface area contributed by atoms with E-state index in [1.807, 2.05) is 0 Å². The predicted octanol–water partition coefficient (Wildman–Crippen LogP) is 6.20. The molecular weight excluding hydrogens is 532 g/mol. The van der Waals surface area contributed by atoms with E-state index in [2.05, 4.69) is 85.9 Å². The van der Waals surface area contributed by atoms with E-state index in [4.69, 9.17) is 4.74 Å². The molecule has 2 nitrogen and oxygen atoms in total. The van der Waals surface area contributed by atoms with Gasteiger partial charge in [-0.25, -0.2) is 0 Å². The first kappa shape index (κ1) is 20.4. The van der Waals surface area contributed by atoms with Crippen molar-refractivity contribution in [3.63, 3.8) is 0 Å². The fourth-order valence-electron chi connectivity index (χ4n) is 4.11. The van der Waals surface area contributed by atoms with E-state index in [0.717, 1.165) is 44.6 Å². The average Bonchev–Trinajstić information content (AvgIpc) is 3.14. The van der Waals surface area contributed by atoms with Gasteiger partial charge in [0.2, 0.25) is 0 Å². The minimum absolute atomic E-state index is 0.203. The Morgan fingerprint density at radius 1 is 1.14 bits per heavy atom. The number of nitrogens with zero attached hydrogens (tertiary/aromatic N) is 1. The molecule has 5 heteroatoms. The van der Waals surface area contributed by atoms with Gasteiger partial charge >= 0.3 is 0 Å². The number of hydrogen-bond acceptors (Lipinski definition) is 2. The average molecular weight is 556 g/mol. The Balaban J connectivity index is 1.47. The third-order valence-corrected chi connectivity index (χ3v) is 6.97. The number of benzene rings is 2. The lowest BCUT2D eigenvalue weighted by Gasteiger charge is -2.22. The molecule has 2 aliphatic rings. The van der Waals surface area contributed by atoms with Crippen LogP contribution in [0.1, 0.15) is 36.0 Å². The molecule has 2 aromatic carbocycles. The molecular formula is C23H24BrFINO. The second kappa shape index (κ2) is 9.26. The molecule has 28 heavy (non-hydrogen) atoms. The second-order valence-corrected chi connectivity index (χ2v) is 9.68.